The molecule has 3 nitrogen and oxygen atoms in total. The summed E-state index contributed by atoms with van der Waals surface area (Å²) < 4.78 is 10.4. The van der Waals surface area contributed by atoms with Crippen LogP contribution in [-0.2, 0) is 9.47 Å². The van der Waals surface area contributed by atoms with Gasteiger partial charge in [0.2, 0.25) is 0 Å². The van der Waals surface area contributed by atoms with Crippen LogP contribution in [0, 0.1) is 5.92 Å². The van der Waals surface area contributed by atoms with E-state index < -0.39 is 12.4 Å². The predicted octanol–water partition coefficient (Wildman–Crippen LogP) is 3.13. The van der Waals surface area contributed by atoms with Gasteiger partial charge < -0.3 is 14.6 Å². The SMILES string of the molecule is COC(OC)[C@@H](C)[C@H](O)c1ccc2ccccc2c1. The van der Waals surface area contributed by atoms with Crippen LogP contribution >= 0.6 is 0 Å². The molecule has 3 heteroatoms. The molecule has 2 atom stereocenters. The lowest BCUT2D eigenvalue weighted by Crippen LogP contribution is -2.27. The van der Waals surface area contributed by atoms with Crippen molar-refractivity contribution in [2.24, 2.45) is 5.92 Å². The van der Waals surface area contributed by atoms with Gasteiger partial charge in [-0.25, -0.2) is 0 Å². The minimum atomic E-state index is -0.616. The van der Waals surface area contributed by atoms with Crippen LogP contribution in [0.5, 0.6) is 0 Å². The molecule has 1 N–H and O–H groups in total. The van der Waals surface area contributed by atoms with Gasteiger partial charge in [0.1, 0.15) is 0 Å². The second kappa shape index (κ2) is 6.15. The maximum absolute atomic E-state index is 10.4. The Morgan fingerprint density at radius 2 is 1.58 bits per heavy atom. The van der Waals surface area contributed by atoms with Crippen LogP contribution in [0.3, 0.4) is 0 Å². The lowest BCUT2D eigenvalue weighted by atomic mass is 9.95. The number of fused-ring (bicyclic) bond motifs is 1. The summed E-state index contributed by atoms with van der Waals surface area (Å²) in [5.41, 5.74) is 0.880. The van der Waals surface area contributed by atoms with Crippen LogP contribution in [0.1, 0.15) is 18.6 Å². The van der Waals surface area contributed by atoms with Crippen molar-refractivity contribution in [1.82, 2.24) is 0 Å². The Balaban J connectivity index is 2.28. The summed E-state index contributed by atoms with van der Waals surface area (Å²) >= 11 is 0. The Hall–Kier alpha value is -1.42. The highest BCUT2D eigenvalue weighted by Crippen LogP contribution is 2.28. The summed E-state index contributed by atoms with van der Waals surface area (Å²) in [6.07, 6.45) is -1.03. The molecule has 0 unspecified atom stereocenters. The van der Waals surface area contributed by atoms with Crippen LogP contribution in [0.15, 0.2) is 42.5 Å². The van der Waals surface area contributed by atoms with Gasteiger partial charge in [-0.1, -0.05) is 43.3 Å². The number of rotatable bonds is 5. The first kappa shape index (κ1) is 14.0. The molecule has 19 heavy (non-hydrogen) atoms. The molecule has 0 aliphatic carbocycles. The van der Waals surface area contributed by atoms with Crippen molar-refractivity contribution in [1.29, 1.82) is 0 Å². The fourth-order valence-corrected chi connectivity index (χ4v) is 2.37. The van der Waals surface area contributed by atoms with Gasteiger partial charge in [0.15, 0.2) is 6.29 Å². The third-order valence-corrected chi connectivity index (χ3v) is 3.51. The Labute approximate surface area is 113 Å². The van der Waals surface area contributed by atoms with Gasteiger partial charge in [-0.05, 0) is 22.4 Å². The van der Waals surface area contributed by atoms with Crippen molar-refractivity contribution in [2.45, 2.75) is 19.3 Å². The quantitative estimate of drug-likeness (QED) is 0.839. The Morgan fingerprint density at radius 1 is 0.947 bits per heavy atom. The summed E-state index contributed by atoms with van der Waals surface area (Å²) in [4.78, 5) is 0. The lowest BCUT2D eigenvalue weighted by Gasteiger charge is -2.26. The molecule has 102 valence electrons. The van der Waals surface area contributed by atoms with E-state index in [1.807, 2.05) is 43.3 Å². The van der Waals surface area contributed by atoms with Gasteiger partial charge in [-0.15, -0.1) is 0 Å². The molecule has 0 spiro atoms. The van der Waals surface area contributed by atoms with Crippen molar-refractivity contribution in [2.75, 3.05) is 14.2 Å². The van der Waals surface area contributed by atoms with Crippen molar-refractivity contribution in [3.63, 3.8) is 0 Å². The molecule has 0 radical (unpaired) electrons. The van der Waals surface area contributed by atoms with Crippen LogP contribution in [-0.4, -0.2) is 25.6 Å². The minimum absolute atomic E-state index is 0.142. The predicted molar refractivity (Wildman–Crippen MR) is 75.9 cm³/mol. The third kappa shape index (κ3) is 2.95. The number of aliphatic hydroxyl groups is 1. The molecular formula is C16H20O3. The van der Waals surface area contributed by atoms with E-state index in [9.17, 15) is 5.11 Å². The minimum Gasteiger partial charge on any atom is -0.388 e. The van der Waals surface area contributed by atoms with E-state index in [2.05, 4.69) is 6.07 Å². The molecule has 0 aromatic heterocycles. The molecule has 0 amide bonds. The average molecular weight is 260 g/mol. The Bertz CT molecular complexity index is 534. The number of aliphatic hydroxyl groups excluding tert-OH is 1. The first-order valence-corrected chi connectivity index (χ1v) is 6.39. The zero-order chi connectivity index (χ0) is 13.8. The molecule has 0 heterocycles. The average Bonchev–Trinajstić information content (AvgIpc) is 2.47. The largest absolute Gasteiger partial charge is 0.388 e. The molecule has 0 saturated heterocycles. The van der Waals surface area contributed by atoms with Gasteiger partial charge in [0.25, 0.3) is 0 Å². The van der Waals surface area contributed by atoms with E-state index in [-0.39, 0.29) is 5.92 Å². The summed E-state index contributed by atoms with van der Waals surface area (Å²) in [7, 11) is 3.16. The fraction of sp³-hybridized carbons (Fsp3) is 0.375. The summed E-state index contributed by atoms with van der Waals surface area (Å²) in [6, 6.07) is 14.1. The third-order valence-electron chi connectivity index (χ3n) is 3.51. The second-order valence-electron chi connectivity index (χ2n) is 4.75. The highest BCUT2D eigenvalue weighted by Gasteiger charge is 2.25. The van der Waals surface area contributed by atoms with Crippen molar-refractivity contribution in [3.05, 3.63) is 48.0 Å². The van der Waals surface area contributed by atoms with Gasteiger partial charge in [0, 0.05) is 20.1 Å². The normalized spacial score (nSPS) is 14.8. The molecule has 2 aromatic carbocycles. The first-order valence-electron chi connectivity index (χ1n) is 6.39. The van der Waals surface area contributed by atoms with E-state index in [0.29, 0.717) is 0 Å². The summed E-state index contributed by atoms with van der Waals surface area (Å²) in [6.45, 7) is 1.91. The van der Waals surface area contributed by atoms with Crippen molar-refractivity contribution in [3.8, 4) is 0 Å². The second-order valence-corrected chi connectivity index (χ2v) is 4.75. The van der Waals surface area contributed by atoms with Gasteiger partial charge in [0.05, 0.1) is 6.10 Å². The highest BCUT2D eigenvalue weighted by molar-refractivity contribution is 5.83. The van der Waals surface area contributed by atoms with E-state index in [1.54, 1.807) is 14.2 Å². The van der Waals surface area contributed by atoms with Gasteiger partial charge in [-0.2, -0.15) is 0 Å². The van der Waals surface area contributed by atoms with Crippen LogP contribution < -0.4 is 0 Å². The van der Waals surface area contributed by atoms with Crippen LogP contribution in [0.25, 0.3) is 10.8 Å². The highest BCUT2D eigenvalue weighted by atomic mass is 16.7. The maximum Gasteiger partial charge on any atom is 0.162 e. The van der Waals surface area contributed by atoms with Crippen molar-refractivity contribution < 1.29 is 14.6 Å². The topological polar surface area (TPSA) is 38.7 Å². The number of hydrogen-bond acceptors (Lipinski definition) is 3. The van der Waals surface area contributed by atoms with Gasteiger partial charge >= 0.3 is 0 Å². The zero-order valence-electron chi connectivity index (χ0n) is 11.5. The summed E-state index contributed by atoms with van der Waals surface area (Å²) in [5, 5.41) is 12.7. The number of methoxy groups -OCH3 is 2. The van der Waals surface area contributed by atoms with E-state index in [4.69, 9.17) is 9.47 Å². The number of hydrogen-bond donors (Lipinski definition) is 1. The molecule has 2 aromatic rings. The molecule has 0 fully saturated rings. The monoisotopic (exact) mass is 260 g/mol. The van der Waals surface area contributed by atoms with Crippen molar-refractivity contribution >= 4 is 10.8 Å². The molecule has 0 bridgehead atoms. The number of ether oxygens (including phenoxy) is 2. The van der Waals surface area contributed by atoms with Crippen LogP contribution in [0.4, 0.5) is 0 Å². The molecular weight excluding hydrogens is 240 g/mol. The molecule has 2 rings (SSSR count). The molecule has 0 aliphatic rings. The Kier molecular flexibility index (Phi) is 4.53. The Morgan fingerprint density at radius 3 is 2.21 bits per heavy atom. The number of benzene rings is 2. The standard InChI is InChI=1S/C16H20O3/c1-11(16(18-2)19-3)15(17)14-9-8-12-6-4-5-7-13(12)10-14/h4-11,15-17H,1-3H3/t11-,15-/m0/s1. The smallest absolute Gasteiger partial charge is 0.162 e. The fourth-order valence-electron chi connectivity index (χ4n) is 2.37. The van der Waals surface area contributed by atoms with E-state index >= 15 is 0 Å². The molecule has 0 aliphatic heterocycles. The maximum atomic E-state index is 10.4. The molecule has 0 saturated carbocycles. The van der Waals surface area contributed by atoms with Crippen LogP contribution in [0.2, 0.25) is 0 Å². The zero-order valence-corrected chi connectivity index (χ0v) is 11.5. The lowest BCUT2D eigenvalue weighted by molar-refractivity contribution is -0.156. The first-order chi connectivity index (χ1) is 9.17. The van der Waals surface area contributed by atoms with Gasteiger partial charge in [-0.3, -0.25) is 0 Å². The van der Waals surface area contributed by atoms with E-state index in [0.717, 1.165) is 10.9 Å². The van der Waals surface area contributed by atoms with E-state index in [1.165, 1.54) is 5.39 Å². The summed E-state index contributed by atoms with van der Waals surface area (Å²) in [5.74, 6) is -0.142.